The van der Waals surface area contributed by atoms with Crippen LogP contribution in [0, 0.1) is 13.8 Å². The summed E-state index contributed by atoms with van der Waals surface area (Å²) in [5, 5.41) is 16.2. The van der Waals surface area contributed by atoms with Crippen LogP contribution in [0.5, 0.6) is 5.75 Å². The molecule has 162 valence electrons. The number of aryl methyl sites for hydroxylation is 2. The number of ether oxygens (including phenoxy) is 1. The maximum Gasteiger partial charge on any atom is 0.294 e. The fraction of sp³-hybridized carbons (Fsp3) is 0.273. The summed E-state index contributed by atoms with van der Waals surface area (Å²) in [6.45, 7) is 4.41. The summed E-state index contributed by atoms with van der Waals surface area (Å²) < 4.78 is 7.05. The topological polar surface area (TPSA) is 106 Å². The quantitative estimate of drug-likeness (QED) is 0.490. The first-order valence-corrected chi connectivity index (χ1v) is 10.2. The molecule has 4 aromatic rings. The van der Waals surface area contributed by atoms with Crippen LogP contribution in [0.25, 0.3) is 16.6 Å². The SMILES string of the molecule is COc1cc(C(=O)N2CCCN2C(=O)c2nnc3cc(C)nn3c2C)nc2ccccc12. The zero-order chi connectivity index (χ0) is 22.4. The highest BCUT2D eigenvalue weighted by Crippen LogP contribution is 2.27. The lowest BCUT2D eigenvalue weighted by Crippen LogP contribution is -2.45. The first-order chi connectivity index (χ1) is 15.5. The van der Waals surface area contributed by atoms with Gasteiger partial charge < -0.3 is 4.74 Å². The van der Waals surface area contributed by atoms with Crippen molar-refractivity contribution in [3.63, 3.8) is 0 Å². The van der Waals surface area contributed by atoms with Crippen molar-refractivity contribution in [3.05, 3.63) is 59.2 Å². The predicted octanol–water partition coefficient (Wildman–Crippen LogP) is 2.20. The van der Waals surface area contributed by atoms with Crippen molar-refractivity contribution in [1.29, 1.82) is 0 Å². The number of hydrogen-bond acceptors (Lipinski definition) is 7. The zero-order valence-corrected chi connectivity index (χ0v) is 17.9. The van der Waals surface area contributed by atoms with Crippen LogP contribution in [0.1, 0.15) is 38.8 Å². The molecule has 4 heterocycles. The van der Waals surface area contributed by atoms with E-state index in [2.05, 4.69) is 20.3 Å². The van der Waals surface area contributed by atoms with Crippen molar-refractivity contribution in [2.24, 2.45) is 0 Å². The largest absolute Gasteiger partial charge is 0.496 e. The van der Waals surface area contributed by atoms with E-state index in [0.29, 0.717) is 42.1 Å². The molecule has 0 radical (unpaired) electrons. The van der Waals surface area contributed by atoms with Crippen LogP contribution in [-0.2, 0) is 0 Å². The minimum atomic E-state index is -0.399. The molecule has 3 aromatic heterocycles. The van der Waals surface area contributed by atoms with Crippen LogP contribution >= 0.6 is 0 Å². The zero-order valence-electron chi connectivity index (χ0n) is 17.9. The number of pyridine rings is 1. The molecule has 2 amide bonds. The highest BCUT2D eigenvalue weighted by Gasteiger charge is 2.35. The number of benzene rings is 1. The minimum Gasteiger partial charge on any atom is -0.496 e. The van der Waals surface area contributed by atoms with E-state index in [1.165, 1.54) is 10.0 Å². The van der Waals surface area contributed by atoms with Gasteiger partial charge >= 0.3 is 0 Å². The second-order valence-electron chi connectivity index (χ2n) is 7.63. The summed E-state index contributed by atoms with van der Waals surface area (Å²) in [5.41, 5.74) is 2.93. The van der Waals surface area contributed by atoms with Crippen LogP contribution in [0.4, 0.5) is 0 Å². The lowest BCUT2D eigenvalue weighted by atomic mass is 10.1. The highest BCUT2D eigenvalue weighted by molar-refractivity contribution is 6.00. The van der Waals surface area contributed by atoms with E-state index in [1.807, 2.05) is 31.2 Å². The van der Waals surface area contributed by atoms with Gasteiger partial charge in [0.2, 0.25) is 0 Å². The van der Waals surface area contributed by atoms with E-state index < -0.39 is 5.91 Å². The van der Waals surface area contributed by atoms with E-state index in [4.69, 9.17) is 4.74 Å². The monoisotopic (exact) mass is 431 g/mol. The lowest BCUT2D eigenvalue weighted by Gasteiger charge is -2.27. The number of carbonyl (C=O) groups excluding carboxylic acids is 2. The van der Waals surface area contributed by atoms with Gasteiger partial charge in [-0.05, 0) is 32.4 Å². The molecule has 0 spiro atoms. The summed E-state index contributed by atoms with van der Waals surface area (Å²) in [6.07, 6.45) is 0.651. The molecular weight excluding hydrogens is 410 g/mol. The molecule has 10 heteroatoms. The van der Waals surface area contributed by atoms with Crippen LogP contribution < -0.4 is 4.74 Å². The summed E-state index contributed by atoms with van der Waals surface area (Å²) in [5.74, 6) is -0.220. The number of hydrogen-bond donors (Lipinski definition) is 0. The number of fused-ring (bicyclic) bond motifs is 2. The van der Waals surface area contributed by atoms with Crippen LogP contribution in [-0.4, -0.2) is 66.8 Å². The van der Waals surface area contributed by atoms with E-state index in [9.17, 15) is 9.59 Å². The van der Waals surface area contributed by atoms with Crippen molar-refractivity contribution >= 4 is 28.4 Å². The Hall–Kier alpha value is -4.08. The Morgan fingerprint density at radius 2 is 1.75 bits per heavy atom. The van der Waals surface area contributed by atoms with Crippen molar-refractivity contribution in [1.82, 2.24) is 34.8 Å². The van der Waals surface area contributed by atoms with Gasteiger partial charge in [-0.15, -0.1) is 10.2 Å². The minimum absolute atomic E-state index is 0.157. The van der Waals surface area contributed by atoms with Gasteiger partial charge in [0, 0.05) is 30.6 Å². The molecule has 5 rings (SSSR count). The molecule has 1 aliphatic rings. The number of amides is 2. The molecular formula is C22H21N7O3. The van der Waals surface area contributed by atoms with Crippen LogP contribution in [0.15, 0.2) is 36.4 Å². The molecule has 0 atom stereocenters. The second-order valence-corrected chi connectivity index (χ2v) is 7.63. The third-order valence-corrected chi connectivity index (χ3v) is 5.55. The van der Waals surface area contributed by atoms with E-state index >= 15 is 0 Å². The van der Waals surface area contributed by atoms with Crippen molar-refractivity contribution < 1.29 is 14.3 Å². The van der Waals surface area contributed by atoms with Crippen LogP contribution in [0.3, 0.4) is 0 Å². The molecule has 0 saturated carbocycles. The van der Waals surface area contributed by atoms with Crippen molar-refractivity contribution in [3.8, 4) is 5.75 Å². The molecule has 0 N–H and O–H groups in total. The third-order valence-electron chi connectivity index (χ3n) is 5.55. The Kier molecular flexibility index (Phi) is 4.69. The fourth-order valence-electron chi connectivity index (χ4n) is 3.99. The van der Waals surface area contributed by atoms with Gasteiger partial charge in [0.05, 0.1) is 24.0 Å². The molecule has 1 aromatic carbocycles. The van der Waals surface area contributed by atoms with E-state index in [-0.39, 0.29) is 17.3 Å². The molecule has 0 unspecified atom stereocenters. The fourth-order valence-corrected chi connectivity index (χ4v) is 3.99. The van der Waals surface area contributed by atoms with Gasteiger partial charge in [0.15, 0.2) is 11.3 Å². The van der Waals surface area contributed by atoms with Gasteiger partial charge in [0.25, 0.3) is 11.8 Å². The number of hydrazine groups is 1. The maximum atomic E-state index is 13.4. The number of carbonyl (C=O) groups is 2. The number of rotatable bonds is 3. The molecule has 1 saturated heterocycles. The Bertz CT molecular complexity index is 1380. The number of nitrogens with zero attached hydrogens (tertiary/aromatic N) is 7. The third kappa shape index (κ3) is 3.11. The molecule has 0 bridgehead atoms. The van der Waals surface area contributed by atoms with Crippen molar-refractivity contribution in [2.45, 2.75) is 20.3 Å². The van der Waals surface area contributed by atoms with E-state index in [1.54, 1.807) is 30.7 Å². The summed E-state index contributed by atoms with van der Waals surface area (Å²) >= 11 is 0. The Morgan fingerprint density at radius 3 is 2.53 bits per heavy atom. The molecule has 0 aliphatic carbocycles. The number of aromatic nitrogens is 5. The van der Waals surface area contributed by atoms with Gasteiger partial charge in [-0.25, -0.2) is 19.5 Å². The van der Waals surface area contributed by atoms with Gasteiger partial charge in [-0.3, -0.25) is 9.59 Å². The Balaban J connectivity index is 1.50. The smallest absolute Gasteiger partial charge is 0.294 e. The average Bonchev–Trinajstić information content (AvgIpc) is 3.44. The highest BCUT2D eigenvalue weighted by atomic mass is 16.5. The molecule has 32 heavy (non-hydrogen) atoms. The Morgan fingerprint density at radius 1 is 1.00 bits per heavy atom. The molecule has 1 fully saturated rings. The van der Waals surface area contributed by atoms with E-state index in [0.717, 1.165) is 11.1 Å². The predicted molar refractivity (Wildman–Crippen MR) is 115 cm³/mol. The molecule has 10 nitrogen and oxygen atoms in total. The normalized spacial score (nSPS) is 13.8. The van der Waals surface area contributed by atoms with Gasteiger partial charge in [0.1, 0.15) is 11.4 Å². The van der Waals surface area contributed by atoms with Gasteiger partial charge in [-0.2, -0.15) is 5.10 Å². The summed E-state index contributed by atoms with van der Waals surface area (Å²) in [4.78, 5) is 31.2. The average molecular weight is 431 g/mol. The summed E-state index contributed by atoms with van der Waals surface area (Å²) in [6, 6.07) is 10.8. The Labute approximate surface area is 183 Å². The number of para-hydroxylation sites is 1. The summed E-state index contributed by atoms with van der Waals surface area (Å²) in [7, 11) is 1.55. The second kappa shape index (κ2) is 7.56. The maximum absolute atomic E-state index is 13.4. The first kappa shape index (κ1) is 19.9. The lowest BCUT2D eigenvalue weighted by molar-refractivity contribution is 0.0177. The molecule has 1 aliphatic heterocycles. The van der Waals surface area contributed by atoms with Gasteiger partial charge in [-0.1, -0.05) is 12.1 Å². The van der Waals surface area contributed by atoms with Crippen LogP contribution in [0.2, 0.25) is 0 Å². The first-order valence-electron chi connectivity index (χ1n) is 10.2. The van der Waals surface area contributed by atoms with Crippen molar-refractivity contribution in [2.75, 3.05) is 20.2 Å². The number of methoxy groups -OCH3 is 1. The standard InChI is InChI=1S/C22H21N7O3/c1-13-11-19-24-25-20(14(2)29(19)26-13)22(31)28-10-6-9-27(28)21(30)17-12-18(32-3)15-7-4-5-8-16(15)23-17/h4-5,7-8,11-12H,6,9-10H2,1-3H3.